The van der Waals surface area contributed by atoms with Gasteiger partial charge < -0.3 is 20.1 Å². The van der Waals surface area contributed by atoms with Gasteiger partial charge in [0.2, 0.25) is 0 Å². The Balaban J connectivity index is 1.87. The van der Waals surface area contributed by atoms with Crippen LogP contribution in [0.25, 0.3) is 12.2 Å². The van der Waals surface area contributed by atoms with Crippen LogP contribution in [0.2, 0.25) is 0 Å². The van der Waals surface area contributed by atoms with E-state index in [1.807, 2.05) is 66.8 Å². The molecule has 3 rings (SSSR count). The van der Waals surface area contributed by atoms with Gasteiger partial charge in [-0.25, -0.2) is 4.99 Å². The number of hydrogen-bond donors (Lipinski definition) is 1. The Kier molecular flexibility index (Phi) is 7.62. The molecule has 0 fully saturated rings. The third-order valence-corrected chi connectivity index (χ3v) is 4.22. The smallest absolute Gasteiger partial charge is 0.265 e. The highest BCUT2D eigenvalue weighted by Gasteiger charge is 2.25. The fraction of sp³-hybridized carbons (Fsp3) is 0.0833. The SMILES string of the molecule is NC(=O)C1=CC2CN1/C=C\N=CO\C=C/C=C\C=C/C=c1/cccc/c1=C/C=C\O2. The molecule has 0 aromatic heterocycles. The fourth-order valence-corrected chi connectivity index (χ4v) is 2.83. The molecule has 2 aliphatic rings. The topological polar surface area (TPSA) is 77.2 Å². The normalized spacial score (nSPS) is 26.5. The zero-order valence-electron chi connectivity index (χ0n) is 16.4. The monoisotopic (exact) mass is 401 g/mol. The van der Waals surface area contributed by atoms with Crippen LogP contribution in [-0.4, -0.2) is 29.9 Å². The molecule has 152 valence electrons. The van der Waals surface area contributed by atoms with E-state index in [1.54, 1.807) is 29.5 Å². The lowest BCUT2D eigenvalue weighted by Gasteiger charge is -2.15. The van der Waals surface area contributed by atoms with E-state index in [0.717, 1.165) is 10.4 Å². The Morgan fingerprint density at radius 1 is 1.00 bits per heavy atom. The van der Waals surface area contributed by atoms with Gasteiger partial charge in [-0.15, -0.1) is 0 Å². The van der Waals surface area contributed by atoms with Crippen LogP contribution in [-0.2, 0) is 14.3 Å². The molecule has 1 aromatic rings. The standard InChI is InChI=1S/C24H23N3O3/c25-24(28)23-17-22-18-27(23)14-13-26-19-29-15-7-3-1-2-4-9-20-10-5-6-11-21(20)12-8-16-30-22/h1-17,19,22H,18H2,(H2,25,28)/b3-1-,4-2-,14-13-,15-7-,16-8-,20-9-,21-12-,26-19?. The molecule has 0 spiro atoms. The molecule has 2 heterocycles. The lowest BCUT2D eigenvalue weighted by Crippen LogP contribution is -2.26. The van der Waals surface area contributed by atoms with Crippen LogP contribution < -0.4 is 16.2 Å². The maximum absolute atomic E-state index is 11.7. The Morgan fingerprint density at radius 2 is 1.73 bits per heavy atom. The summed E-state index contributed by atoms with van der Waals surface area (Å²) in [6.45, 7) is 0.454. The lowest BCUT2D eigenvalue weighted by molar-refractivity contribution is -0.115. The first-order valence-electron chi connectivity index (χ1n) is 9.43. The molecule has 0 radical (unpaired) electrons. The predicted molar refractivity (Wildman–Crippen MR) is 119 cm³/mol. The van der Waals surface area contributed by atoms with Gasteiger partial charge in [0.05, 0.1) is 19.1 Å². The van der Waals surface area contributed by atoms with Crippen LogP contribution >= 0.6 is 0 Å². The maximum atomic E-state index is 11.7. The van der Waals surface area contributed by atoms with Crippen LogP contribution in [0, 0.1) is 0 Å². The molecule has 2 N–H and O–H groups in total. The number of nitrogens with zero attached hydrogens (tertiary/aromatic N) is 2. The van der Waals surface area contributed by atoms with Gasteiger partial charge in [-0.05, 0) is 28.7 Å². The summed E-state index contributed by atoms with van der Waals surface area (Å²) in [7, 11) is 0. The number of aliphatic imine (C=N–C) groups is 1. The van der Waals surface area contributed by atoms with Crippen molar-refractivity contribution in [1.29, 1.82) is 0 Å². The molecule has 1 atom stereocenters. The van der Waals surface area contributed by atoms with Gasteiger partial charge in [0.25, 0.3) is 5.91 Å². The zero-order valence-corrected chi connectivity index (χ0v) is 16.4. The third kappa shape index (κ3) is 6.24. The first-order valence-corrected chi connectivity index (χ1v) is 9.43. The fourth-order valence-electron chi connectivity index (χ4n) is 2.83. The first-order chi connectivity index (χ1) is 14.7. The third-order valence-electron chi connectivity index (χ3n) is 4.22. The summed E-state index contributed by atoms with van der Waals surface area (Å²) in [6.07, 6.45) is 24.2. The summed E-state index contributed by atoms with van der Waals surface area (Å²) in [5.41, 5.74) is 5.83. The van der Waals surface area contributed by atoms with Gasteiger partial charge in [0, 0.05) is 12.4 Å². The van der Waals surface area contributed by atoms with Crippen molar-refractivity contribution in [3.05, 3.63) is 108 Å². The van der Waals surface area contributed by atoms with Crippen molar-refractivity contribution in [2.75, 3.05) is 6.54 Å². The molecule has 6 heteroatoms. The Labute approximate surface area is 175 Å². The number of amides is 1. The average molecular weight is 401 g/mol. The van der Waals surface area contributed by atoms with E-state index in [4.69, 9.17) is 15.2 Å². The van der Waals surface area contributed by atoms with Crippen molar-refractivity contribution in [2.45, 2.75) is 6.10 Å². The minimum atomic E-state index is -0.525. The number of allylic oxidation sites excluding steroid dienone is 6. The van der Waals surface area contributed by atoms with Gasteiger partial charge in [-0.1, -0.05) is 60.7 Å². The Hall–Kier alpha value is -4.06. The van der Waals surface area contributed by atoms with Crippen molar-refractivity contribution in [1.82, 2.24) is 4.90 Å². The Morgan fingerprint density at radius 3 is 2.53 bits per heavy atom. The van der Waals surface area contributed by atoms with E-state index in [2.05, 4.69) is 4.99 Å². The molecule has 0 saturated heterocycles. The molecular weight excluding hydrogens is 378 g/mol. The molecule has 0 saturated carbocycles. The minimum Gasteiger partial charge on any atom is -0.492 e. The van der Waals surface area contributed by atoms with Crippen LogP contribution in [0.1, 0.15) is 0 Å². The number of carbonyl (C=O) groups is 1. The quantitative estimate of drug-likeness (QED) is 0.781. The highest BCUT2D eigenvalue weighted by atomic mass is 16.5. The molecule has 30 heavy (non-hydrogen) atoms. The van der Waals surface area contributed by atoms with Gasteiger partial charge in [-0.2, -0.15) is 0 Å². The van der Waals surface area contributed by atoms with Crippen LogP contribution in [0.15, 0.2) is 102 Å². The zero-order chi connectivity index (χ0) is 21.0. The summed E-state index contributed by atoms with van der Waals surface area (Å²) in [5.74, 6) is -0.525. The van der Waals surface area contributed by atoms with Crippen molar-refractivity contribution in [3.63, 3.8) is 0 Å². The van der Waals surface area contributed by atoms with Crippen LogP contribution in [0.5, 0.6) is 0 Å². The van der Waals surface area contributed by atoms with Crippen LogP contribution in [0.3, 0.4) is 0 Å². The lowest BCUT2D eigenvalue weighted by atomic mass is 10.2. The first kappa shape index (κ1) is 20.7. The highest BCUT2D eigenvalue weighted by molar-refractivity contribution is 5.92. The van der Waals surface area contributed by atoms with Gasteiger partial charge in [0.15, 0.2) is 6.40 Å². The summed E-state index contributed by atoms with van der Waals surface area (Å²) in [6, 6.07) is 8.05. The largest absolute Gasteiger partial charge is 0.492 e. The molecule has 2 aliphatic heterocycles. The summed E-state index contributed by atoms with van der Waals surface area (Å²) in [5, 5.41) is 2.15. The molecular formula is C24H23N3O3. The van der Waals surface area contributed by atoms with Crippen molar-refractivity contribution >= 4 is 24.5 Å². The number of primary amides is 1. The molecule has 0 aliphatic carbocycles. The van der Waals surface area contributed by atoms with Crippen molar-refractivity contribution in [3.8, 4) is 0 Å². The van der Waals surface area contributed by atoms with Gasteiger partial charge in [0.1, 0.15) is 11.8 Å². The van der Waals surface area contributed by atoms with Crippen LogP contribution in [0.4, 0.5) is 0 Å². The number of nitrogens with two attached hydrogens (primary N) is 1. The van der Waals surface area contributed by atoms with E-state index in [9.17, 15) is 4.79 Å². The summed E-state index contributed by atoms with van der Waals surface area (Å²) < 4.78 is 10.9. The second-order valence-electron chi connectivity index (χ2n) is 6.32. The highest BCUT2D eigenvalue weighted by Crippen LogP contribution is 2.18. The molecule has 1 aromatic carbocycles. The second kappa shape index (κ2) is 11.1. The van der Waals surface area contributed by atoms with E-state index in [-0.39, 0.29) is 6.10 Å². The minimum absolute atomic E-state index is 0.296. The maximum Gasteiger partial charge on any atom is 0.265 e. The van der Waals surface area contributed by atoms with E-state index in [0.29, 0.717) is 12.2 Å². The molecule has 6 nitrogen and oxygen atoms in total. The summed E-state index contributed by atoms with van der Waals surface area (Å²) in [4.78, 5) is 17.4. The molecule has 1 unspecified atom stereocenters. The second-order valence-corrected chi connectivity index (χ2v) is 6.32. The average Bonchev–Trinajstić information content (AvgIpc) is 3.15. The van der Waals surface area contributed by atoms with Gasteiger partial charge >= 0.3 is 0 Å². The molecule has 2 bridgehead atoms. The number of rotatable bonds is 1. The number of hydrogen-bond acceptors (Lipinski definition) is 5. The summed E-state index contributed by atoms with van der Waals surface area (Å²) >= 11 is 0. The van der Waals surface area contributed by atoms with E-state index >= 15 is 0 Å². The van der Waals surface area contributed by atoms with Gasteiger partial charge in [-0.3, -0.25) is 4.79 Å². The van der Waals surface area contributed by atoms with E-state index < -0.39 is 5.91 Å². The number of benzene rings is 1. The number of ether oxygens (including phenoxy) is 2. The van der Waals surface area contributed by atoms with E-state index in [1.165, 1.54) is 18.9 Å². The number of carbonyl (C=O) groups excluding carboxylic acids is 1. The van der Waals surface area contributed by atoms with Crippen molar-refractivity contribution < 1.29 is 14.3 Å². The molecule has 1 amide bonds. The predicted octanol–water partition coefficient (Wildman–Crippen LogP) is 1.99. The van der Waals surface area contributed by atoms with Crippen molar-refractivity contribution in [2.24, 2.45) is 10.7 Å². The Bertz CT molecular complexity index is 1080. The number of fused-ring (bicyclic) bond motifs is 3.